The number of amides is 3. The van der Waals surface area contributed by atoms with Gasteiger partial charge in [0.2, 0.25) is 11.8 Å². The molecule has 2 unspecified atom stereocenters. The van der Waals surface area contributed by atoms with Gasteiger partial charge in [0.1, 0.15) is 6.54 Å². The summed E-state index contributed by atoms with van der Waals surface area (Å²) in [7, 11) is 0. The molecule has 3 amide bonds. The fourth-order valence-corrected chi connectivity index (χ4v) is 5.72. The van der Waals surface area contributed by atoms with E-state index in [-0.39, 0.29) is 29.6 Å². The van der Waals surface area contributed by atoms with Crippen LogP contribution in [-0.2, 0) is 30.3 Å². The van der Waals surface area contributed by atoms with Crippen LogP contribution in [0.3, 0.4) is 0 Å². The van der Waals surface area contributed by atoms with Crippen LogP contribution in [0.15, 0.2) is 23.6 Å². The summed E-state index contributed by atoms with van der Waals surface area (Å²) in [5.41, 5.74) is 3.79. The molecule has 0 bridgehead atoms. The maximum absolute atomic E-state index is 12.7. The van der Waals surface area contributed by atoms with E-state index in [1.807, 2.05) is 30.5 Å². The van der Waals surface area contributed by atoms with E-state index in [1.54, 1.807) is 16.2 Å². The first kappa shape index (κ1) is 21.8. The van der Waals surface area contributed by atoms with E-state index in [4.69, 9.17) is 4.74 Å². The molecule has 33 heavy (non-hydrogen) atoms. The van der Waals surface area contributed by atoms with Crippen molar-refractivity contribution >= 4 is 40.7 Å². The van der Waals surface area contributed by atoms with Crippen LogP contribution in [0.5, 0.6) is 0 Å². The van der Waals surface area contributed by atoms with Gasteiger partial charge in [-0.1, -0.05) is 18.9 Å². The Hall–Kier alpha value is -3.07. The van der Waals surface area contributed by atoms with Gasteiger partial charge in [0.05, 0.1) is 22.5 Å². The zero-order valence-corrected chi connectivity index (χ0v) is 19.2. The Morgan fingerprint density at radius 2 is 1.88 bits per heavy atom. The summed E-state index contributed by atoms with van der Waals surface area (Å²) in [6.07, 6.45) is 3.95. The number of benzene rings is 1. The number of nitrogens with zero attached hydrogens (tertiary/aromatic N) is 3. The first-order valence-corrected chi connectivity index (χ1v) is 12.2. The Morgan fingerprint density at radius 1 is 1.15 bits per heavy atom. The molecule has 9 heteroatoms. The molecule has 2 aliphatic heterocycles. The fraction of sp³-hybridized carbons (Fsp3) is 0.458. The predicted octanol–water partition coefficient (Wildman–Crippen LogP) is 2.73. The summed E-state index contributed by atoms with van der Waals surface area (Å²) in [5, 5.41) is 3.01. The highest BCUT2D eigenvalue weighted by Crippen LogP contribution is 2.38. The number of thiazole rings is 1. The minimum Gasteiger partial charge on any atom is -0.454 e. The zero-order valence-electron chi connectivity index (χ0n) is 18.4. The van der Waals surface area contributed by atoms with Crippen LogP contribution in [0.25, 0.3) is 11.3 Å². The average molecular weight is 468 g/mol. The number of aryl methyl sites for hydroxylation is 1. The molecule has 1 aromatic carbocycles. The molecule has 0 radical (unpaired) electrons. The van der Waals surface area contributed by atoms with Crippen molar-refractivity contribution in [2.24, 2.45) is 11.8 Å². The minimum absolute atomic E-state index is 0.285. The summed E-state index contributed by atoms with van der Waals surface area (Å²) in [4.78, 5) is 57.2. The minimum atomic E-state index is -0.739. The zero-order chi connectivity index (χ0) is 23.1. The highest BCUT2D eigenvalue weighted by molar-refractivity contribution is 7.09. The number of fused-ring (bicyclic) bond motifs is 2. The Labute approximate surface area is 195 Å². The van der Waals surface area contributed by atoms with Crippen LogP contribution in [-0.4, -0.2) is 53.3 Å². The van der Waals surface area contributed by atoms with Crippen molar-refractivity contribution in [3.8, 4) is 11.3 Å². The third-order valence-electron chi connectivity index (χ3n) is 6.77. The summed E-state index contributed by atoms with van der Waals surface area (Å²) < 4.78 is 5.15. The molecule has 0 spiro atoms. The number of imide groups is 1. The van der Waals surface area contributed by atoms with Crippen molar-refractivity contribution in [2.75, 3.05) is 24.6 Å². The van der Waals surface area contributed by atoms with E-state index >= 15 is 0 Å². The summed E-state index contributed by atoms with van der Waals surface area (Å²) in [6, 6.07) is 5.89. The van der Waals surface area contributed by atoms with E-state index < -0.39 is 19.1 Å². The van der Waals surface area contributed by atoms with Crippen LogP contribution in [0.4, 0.5) is 5.69 Å². The van der Waals surface area contributed by atoms with Crippen LogP contribution in [0.1, 0.15) is 36.3 Å². The lowest BCUT2D eigenvalue weighted by atomic mass is 9.81. The van der Waals surface area contributed by atoms with Gasteiger partial charge in [-0.15, -0.1) is 11.3 Å². The first-order valence-electron chi connectivity index (χ1n) is 11.3. The van der Waals surface area contributed by atoms with Gasteiger partial charge >= 0.3 is 5.97 Å². The Morgan fingerprint density at radius 3 is 2.55 bits per heavy atom. The van der Waals surface area contributed by atoms with Gasteiger partial charge in [-0.2, -0.15) is 0 Å². The molecule has 1 aliphatic carbocycles. The van der Waals surface area contributed by atoms with Crippen LogP contribution in [0, 0.1) is 18.8 Å². The van der Waals surface area contributed by atoms with E-state index in [0.29, 0.717) is 25.8 Å². The summed E-state index contributed by atoms with van der Waals surface area (Å²) in [6.45, 7) is 1.63. The number of ether oxygens (including phenoxy) is 1. The predicted molar refractivity (Wildman–Crippen MR) is 121 cm³/mol. The molecule has 1 aromatic heterocycles. The van der Waals surface area contributed by atoms with E-state index in [2.05, 4.69) is 4.98 Å². The number of esters is 1. The molecule has 2 fully saturated rings. The molecule has 172 valence electrons. The summed E-state index contributed by atoms with van der Waals surface area (Å²) >= 11 is 1.59. The molecule has 1 saturated carbocycles. The van der Waals surface area contributed by atoms with E-state index in [9.17, 15) is 19.2 Å². The van der Waals surface area contributed by atoms with Gasteiger partial charge in [-0.25, -0.2) is 4.98 Å². The topological polar surface area (TPSA) is 96.9 Å². The van der Waals surface area contributed by atoms with Crippen LogP contribution < -0.4 is 4.90 Å². The van der Waals surface area contributed by atoms with E-state index in [1.165, 1.54) is 0 Å². The quantitative estimate of drug-likeness (QED) is 0.496. The summed E-state index contributed by atoms with van der Waals surface area (Å²) in [5.74, 6) is -2.25. The van der Waals surface area contributed by atoms with Gasteiger partial charge in [0, 0.05) is 23.2 Å². The Bertz CT molecular complexity index is 1120. The Balaban J connectivity index is 1.18. The second kappa shape index (κ2) is 8.70. The molecule has 8 nitrogen and oxygen atoms in total. The lowest BCUT2D eigenvalue weighted by molar-refractivity contribution is -0.154. The third kappa shape index (κ3) is 4.06. The van der Waals surface area contributed by atoms with Crippen molar-refractivity contribution < 1.29 is 23.9 Å². The molecular weight excluding hydrogens is 442 g/mol. The number of hydrogen-bond donors (Lipinski definition) is 0. The molecule has 1 saturated heterocycles. The average Bonchev–Trinajstić information content (AvgIpc) is 3.51. The van der Waals surface area contributed by atoms with Crippen molar-refractivity contribution in [3.63, 3.8) is 0 Å². The van der Waals surface area contributed by atoms with Crippen molar-refractivity contribution in [3.05, 3.63) is 34.2 Å². The normalized spacial score (nSPS) is 21.8. The van der Waals surface area contributed by atoms with Gasteiger partial charge in [-0.3, -0.25) is 24.1 Å². The second-order valence-corrected chi connectivity index (χ2v) is 9.87. The first-order chi connectivity index (χ1) is 15.9. The molecular formula is C24H25N3O5S. The number of rotatable bonds is 5. The molecule has 3 heterocycles. The molecule has 0 N–H and O–H groups in total. The Kier molecular flexibility index (Phi) is 5.74. The SMILES string of the molecule is Cc1nc(-c2ccc3c(c2)CCN3C(=O)COC(=O)CN2C(=O)C3CCCCC3C2=O)cs1. The molecule has 5 rings (SSSR count). The third-order valence-corrected chi connectivity index (χ3v) is 7.54. The van der Waals surface area contributed by atoms with Gasteiger partial charge in [0.15, 0.2) is 6.61 Å². The largest absolute Gasteiger partial charge is 0.454 e. The fourth-order valence-electron chi connectivity index (χ4n) is 5.10. The number of aromatic nitrogens is 1. The van der Waals surface area contributed by atoms with Crippen LogP contribution >= 0.6 is 11.3 Å². The highest BCUT2D eigenvalue weighted by atomic mass is 32.1. The molecule has 3 aliphatic rings. The number of carbonyl (C=O) groups excluding carboxylic acids is 4. The van der Waals surface area contributed by atoms with Crippen molar-refractivity contribution in [2.45, 2.75) is 39.0 Å². The molecule has 2 atom stereocenters. The van der Waals surface area contributed by atoms with Gasteiger partial charge in [-0.05, 0) is 43.9 Å². The smallest absolute Gasteiger partial charge is 0.326 e. The van der Waals surface area contributed by atoms with Crippen molar-refractivity contribution in [1.29, 1.82) is 0 Å². The number of hydrogen-bond acceptors (Lipinski definition) is 7. The van der Waals surface area contributed by atoms with Crippen molar-refractivity contribution in [1.82, 2.24) is 9.88 Å². The monoisotopic (exact) mass is 467 g/mol. The maximum Gasteiger partial charge on any atom is 0.326 e. The standard InChI is InChI=1S/C24H25N3O5S/c1-14-25-19(13-33-14)15-6-7-20-16(10-15)8-9-26(20)21(28)12-32-22(29)11-27-23(30)17-4-2-3-5-18(17)24(27)31/h6-7,10,13,17-18H,2-5,8-9,11-12H2,1H3. The van der Waals surface area contributed by atoms with Gasteiger partial charge in [0.25, 0.3) is 5.91 Å². The highest BCUT2D eigenvalue weighted by Gasteiger charge is 2.48. The van der Waals surface area contributed by atoms with Gasteiger partial charge < -0.3 is 9.64 Å². The number of anilines is 1. The molecule has 2 aromatic rings. The van der Waals surface area contributed by atoms with Crippen LogP contribution in [0.2, 0.25) is 0 Å². The lowest BCUT2D eigenvalue weighted by Crippen LogP contribution is -2.38. The lowest BCUT2D eigenvalue weighted by Gasteiger charge is -2.19. The van der Waals surface area contributed by atoms with E-state index in [0.717, 1.165) is 45.3 Å². The number of likely N-dealkylation sites (tertiary alicyclic amines) is 1. The number of carbonyl (C=O) groups is 4. The maximum atomic E-state index is 12.7. The second-order valence-electron chi connectivity index (χ2n) is 8.81.